The summed E-state index contributed by atoms with van der Waals surface area (Å²) in [4.78, 5) is 0. The molecule has 20 heavy (non-hydrogen) atoms. The first-order chi connectivity index (χ1) is 9.29. The van der Waals surface area contributed by atoms with Crippen LogP contribution in [0.1, 0.15) is 17.2 Å². The molecule has 4 nitrogen and oxygen atoms in total. The molecule has 2 aromatic rings. The predicted molar refractivity (Wildman–Crippen MR) is 69.5 cm³/mol. The number of aryl methyl sites for hydroxylation is 1. The first-order valence-corrected chi connectivity index (χ1v) is 6.12. The van der Waals surface area contributed by atoms with Crippen LogP contribution in [0.5, 0.6) is 0 Å². The number of aromatic nitrogens is 3. The summed E-state index contributed by atoms with van der Waals surface area (Å²) in [7, 11) is 1.81. The Labute approximate surface area is 118 Å². The van der Waals surface area contributed by atoms with Crippen molar-refractivity contribution in [3.63, 3.8) is 0 Å². The Morgan fingerprint density at radius 3 is 2.50 bits per heavy atom. The van der Waals surface area contributed by atoms with Crippen molar-refractivity contribution in [1.82, 2.24) is 14.8 Å². The second-order valence-corrected chi connectivity index (χ2v) is 4.68. The van der Waals surface area contributed by atoms with Gasteiger partial charge in [-0.1, -0.05) is 11.6 Å². The highest BCUT2D eigenvalue weighted by Gasteiger charge is 2.30. The first-order valence-electron chi connectivity index (χ1n) is 5.74. The molecule has 0 aliphatic rings. The lowest BCUT2D eigenvalue weighted by molar-refractivity contribution is -0.137. The Bertz CT molecular complexity index is 622. The fourth-order valence-corrected chi connectivity index (χ4v) is 1.86. The zero-order valence-electron chi connectivity index (χ0n) is 10.8. The fraction of sp³-hybridized carbons (Fsp3) is 0.333. The van der Waals surface area contributed by atoms with Gasteiger partial charge in [0.15, 0.2) is 5.82 Å². The van der Waals surface area contributed by atoms with Crippen LogP contribution >= 0.6 is 11.6 Å². The molecule has 0 spiro atoms. The third kappa shape index (κ3) is 3.04. The highest BCUT2D eigenvalue weighted by atomic mass is 35.5. The largest absolute Gasteiger partial charge is 0.416 e. The predicted octanol–water partition coefficient (Wildman–Crippen LogP) is 3.41. The lowest BCUT2D eigenvalue weighted by Crippen LogP contribution is -2.08. The second-order valence-electron chi connectivity index (χ2n) is 4.27. The first kappa shape index (κ1) is 14.6. The quantitative estimate of drug-likeness (QED) is 0.945. The SMILES string of the molecule is Cc1nnc(CNc2ccc(C(F)(F)F)cc2Cl)n1C. The van der Waals surface area contributed by atoms with Gasteiger partial charge in [0.05, 0.1) is 22.8 Å². The van der Waals surface area contributed by atoms with Gasteiger partial charge in [0.2, 0.25) is 0 Å². The summed E-state index contributed by atoms with van der Waals surface area (Å²) >= 11 is 5.84. The molecule has 0 bridgehead atoms. The number of alkyl halides is 3. The van der Waals surface area contributed by atoms with Crippen molar-refractivity contribution in [3.05, 3.63) is 40.4 Å². The van der Waals surface area contributed by atoms with Crippen molar-refractivity contribution in [2.75, 3.05) is 5.32 Å². The Morgan fingerprint density at radius 1 is 1.30 bits per heavy atom. The van der Waals surface area contributed by atoms with Crippen molar-refractivity contribution in [2.45, 2.75) is 19.6 Å². The fourth-order valence-electron chi connectivity index (χ4n) is 1.61. The van der Waals surface area contributed by atoms with Crippen molar-refractivity contribution in [2.24, 2.45) is 7.05 Å². The standard InChI is InChI=1S/C12H12ClF3N4/c1-7-18-19-11(20(7)2)6-17-10-4-3-8(5-9(10)13)12(14,15)16/h3-5,17H,6H2,1-2H3. The van der Waals surface area contributed by atoms with Crippen molar-refractivity contribution in [3.8, 4) is 0 Å². The molecule has 1 heterocycles. The van der Waals surface area contributed by atoms with E-state index in [1.165, 1.54) is 6.07 Å². The van der Waals surface area contributed by atoms with E-state index in [4.69, 9.17) is 11.6 Å². The van der Waals surface area contributed by atoms with Crippen LogP contribution in [0.25, 0.3) is 0 Å². The van der Waals surface area contributed by atoms with Gasteiger partial charge in [-0.15, -0.1) is 10.2 Å². The van der Waals surface area contributed by atoms with Gasteiger partial charge in [0.1, 0.15) is 5.82 Å². The second kappa shape index (κ2) is 5.32. The summed E-state index contributed by atoms with van der Waals surface area (Å²) in [6.07, 6.45) is -4.40. The maximum absolute atomic E-state index is 12.5. The van der Waals surface area contributed by atoms with Crippen LogP contribution in [-0.2, 0) is 19.8 Å². The summed E-state index contributed by atoms with van der Waals surface area (Å²) in [5.41, 5.74) is -0.358. The highest BCUT2D eigenvalue weighted by Crippen LogP contribution is 2.33. The molecular formula is C12H12ClF3N4. The highest BCUT2D eigenvalue weighted by molar-refractivity contribution is 6.33. The topological polar surface area (TPSA) is 42.7 Å². The van der Waals surface area contributed by atoms with Crippen molar-refractivity contribution >= 4 is 17.3 Å². The zero-order valence-corrected chi connectivity index (χ0v) is 11.5. The molecule has 8 heteroatoms. The van der Waals surface area contributed by atoms with E-state index < -0.39 is 11.7 Å². The molecule has 1 aromatic carbocycles. The van der Waals surface area contributed by atoms with Crippen LogP contribution in [0.3, 0.4) is 0 Å². The van der Waals surface area contributed by atoms with E-state index in [0.29, 0.717) is 18.1 Å². The van der Waals surface area contributed by atoms with Gasteiger partial charge in [0.25, 0.3) is 0 Å². The Morgan fingerprint density at radius 2 is 2.00 bits per heavy atom. The number of nitrogens with zero attached hydrogens (tertiary/aromatic N) is 3. The summed E-state index contributed by atoms with van der Waals surface area (Å²) in [5, 5.41) is 10.8. The number of rotatable bonds is 3. The number of hydrogen-bond acceptors (Lipinski definition) is 3. The number of nitrogens with one attached hydrogen (secondary N) is 1. The number of hydrogen-bond donors (Lipinski definition) is 1. The molecular weight excluding hydrogens is 293 g/mol. The number of halogens is 4. The maximum atomic E-state index is 12.5. The molecule has 0 unspecified atom stereocenters. The van der Waals surface area contributed by atoms with E-state index in [1.54, 1.807) is 11.6 Å². The van der Waals surface area contributed by atoms with Gasteiger partial charge in [0, 0.05) is 7.05 Å². The lowest BCUT2D eigenvalue weighted by atomic mass is 10.2. The Balaban J connectivity index is 2.13. The summed E-state index contributed by atoms with van der Waals surface area (Å²) in [6, 6.07) is 3.18. The molecule has 1 aromatic heterocycles. The molecule has 0 radical (unpaired) electrons. The van der Waals surface area contributed by atoms with Crippen LogP contribution in [0.2, 0.25) is 5.02 Å². The molecule has 1 N–H and O–H groups in total. The van der Waals surface area contributed by atoms with Crippen molar-refractivity contribution in [1.29, 1.82) is 0 Å². The molecule has 0 amide bonds. The summed E-state index contributed by atoms with van der Waals surface area (Å²) < 4.78 is 39.3. The van der Waals surface area contributed by atoms with Gasteiger partial charge in [-0.3, -0.25) is 0 Å². The average molecular weight is 305 g/mol. The third-order valence-electron chi connectivity index (χ3n) is 2.92. The van der Waals surface area contributed by atoms with E-state index in [9.17, 15) is 13.2 Å². The molecule has 0 aliphatic carbocycles. The molecule has 2 rings (SSSR count). The molecule has 0 saturated carbocycles. The van der Waals surface area contributed by atoms with Gasteiger partial charge in [-0.25, -0.2) is 0 Å². The molecule has 0 aliphatic heterocycles. The Hall–Kier alpha value is -1.76. The minimum absolute atomic E-state index is 0.0127. The normalized spacial score (nSPS) is 11.7. The van der Waals surface area contributed by atoms with E-state index in [1.807, 2.05) is 6.92 Å². The van der Waals surface area contributed by atoms with Gasteiger partial charge < -0.3 is 9.88 Å². The summed E-state index contributed by atoms with van der Waals surface area (Å²) in [5.74, 6) is 1.42. The zero-order chi connectivity index (χ0) is 14.9. The van der Waals surface area contributed by atoms with Gasteiger partial charge >= 0.3 is 6.18 Å². The van der Waals surface area contributed by atoms with Gasteiger partial charge in [-0.2, -0.15) is 13.2 Å². The maximum Gasteiger partial charge on any atom is 0.416 e. The van der Waals surface area contributed by atoms with Crippen LogP contribution in [0.4, 0.5) is 18.9 Å². The van der Waals surface area contributed by atoms with Crippen LogP contribution < -0.4 is 5.32 Å². The molecule has 108 valence electrons. The van der Waals surface area contributed by atoms with E-state index >= 15 is 0 Å². The lowest BCUT2D eigenvalue weighted by Gasteiger charge is -2.11. The number of benzene rings is 1. The molecule has 0 fully saturated rings. The summed E-state index contributed by atoms with van der Waals surface area (Å²) in [6.45, 7) is 2.13. The molecule has 0 atom stereocenters. The number of anilines is 1. The van der Waals surface area contributed by atoms with E-state index in [2.05, 4.69) is 15.5 Å². The van der Waals surface area contributed by atoms with E-state index in [-0.39, 0.29) is 5.02 Å². The minimum Gasteiger partial charge on any atom is -0.377 e. The van der Waals surface area contributed by atoms with Crippen LogP contribution in [-0.4, -0.2) is 14.8 Å². The van der Waals surface area contributed by atoms with Crippen molar-refractivity contribution < 1.29 is 13.2 Å². The van der Waals surface area contributed by atoms with Gasteiger partial charge in [-0.05, 0) is 25.1 Å². The Kier molecular flexibility index (Phi) is 3.89. The average Bonchev–Trinajstić information content (AvgIpc) is 2.67. The monoisotopic (exact) mass is 304 g/mol. The smallest absolute Gasteiger partial charge is 0.377 e. The van der Waals surface area contributed by atoms with Crippen LogP contribution in [0, 0.1) is 6.92 Å². The third-order valence-corrected chi connectivity index (χ3v) is 3.23. The molecule has 0 saturated heterocycles. The van der Waals surface area contributed by atoms with Crippen LogP contribution in [0.15, 0.2) is 18.2 Å². The minimum atomic E-state index is -4.40. The van der Waals surface area contributed by atoms with E-state index in [0.717, 1.165) is 18.0 Å².